The molecule has 0 unspecified atom stereocenters. The number of halogens is 1. The van der Waals surface area contributed by atoms with Crippen LogP contribution in [-0.2, 0) is 4.74 Å². The lowest BCUT2D eigenvalue weighted by atomic mass is 10.0. The van der Waals surface area contributed by atoms with Crippen LogP contribution in [0.4, 0.5) is 10.1 Å². The number of ether oxygens (including phenoxy) is 1. The Morgan fingerprint density at radius 1 is 1.56 bits per heavy atom. The summed E-state index contributed by atoms with van der Waals surface area (Å²) in [5.41, 5.74) is 0.600. The Labute approximate surface area is 95.2 Å². The van der Waals surface area contributed by atoms with E-state index in [1.165, 1.54) is 12.3 Å². The number of nitrogens with zero attached hydrogens (tertiary/aromatic N) is 2. The highest BCUT2D eigenvalue weighted by Crippen LogP contribution is 2.26. The summed E-state index contributed by atoms with van der Waals surface area (Å²) >= 11 is 0. The normalized spacial score (nSPS) is 16.6. The zero-order valence-electron chi connectivity index (χ0n) is 9.69. The van der Waals surface area contributed by atoms with Crippen molar-refractivity contribution in [3.8, 4) is 0 Å². The van der Waals surface area contributed by atoms with E-state index < -0.39 is 0 Å². The first-order valence-corrected chi connectivity index (χ1v) is 5.63. The van der Waals surface area contributed by atoms with Crippen LogP contribution in [-0.4, -0.2) is 30.8 Å². The van der Waals surface area contributed by atoms with E-state index in [1.54, 1.807) is 6.20 Å². The van der Waals surface area contributed by atoms with Gasteiger partial charge in [-0.15, -0.1) is 0 Å². The fraction of sp³-hybridized carbons (Fsp3) is 0.583. The van der Waals surface area contributed by atoms with Gasteiger partial charge in [0.2, 0.25) is 0 Å². The molecular weight excluding hydrogens is 207 g/mol. The van der Waals surface area contributed by atoms with Crippen LogP contribution in [0.25, 0.3) is 0 Å². The Balaban J connectivity index is 1.82. The summed E-state index contributed by atoms with van der Waals surface area (Å²) in [5.74, 6) is 0.320. The monoisotopic (exact) mass is 224 g/mol. The van der Waals surface area contributed by atoms with E-state index in [-0.39, 0.29) is 11.9 Å². The van der Waals surface area contributed by atoms with Gasteiger partial charge in [-0.1, -0.05) is 0 Å². The maximum atomic E-state index is 13.4. The van der Waals surface area contributed by atoms with E-state index in [1.807, 2.05) is 18.7 Å². The second-order valence-electron chi connectivity index (χ2n) is 4.48. The van der Waals surface area contributed by atoms with Crippen molar-refractivity contribution in [3.63, 3.8) is 0 Å². The number of hydrogen-bond donors (Lipinski definition) is 0. The molecule has 1 aromatic heterocycles. The van der Waals surface area contributed by atoms with Gasteiger partial charge in [0.05, 0.1) is 24.6 Å². The Morgan fingerprint density at radius 3 is 2.94 bits per heavy atom. The van der Waals surface area contributed by atoms with Crippen LogP contribution in [0.1, 0.15) is 13.8 Å². The SMILES string of the molecule is CC(C)OCC1CN(c2cnccc2F)C1. The summed E-state index contributed by atoms with van der Waals surface area (Å²) in [4.78, 5) is 5.93. The van der Waals surface area contributed by atoms with Gasteiger partial charge in [-0.3, -0.25) is 4.98 Å². The number of rotatable bonds is 4. The lowest BCUT2D eigenvalue weighted by molar-refractivity contribution is 0.0437. The summed E-state index contributed by atoms with van der Waals surface area (Å²) in [7, 11) is 0. The minimum absolute atomic E-state index is 0.196. The summed E-state index contributed by atoms with van der Waals surface area (Å²) in [6, 6.07) is 1.40. The molecule has 0 bridgehead atoms. The lowest BCUT2D eigenvalue weighted by Crippen LogP contribution is -2.49. The van der Waals surface area contributed by atoms with Crippen molar-refractivity contribution in [2.24, 2.45) is 5.92 Å². The molecule has 2 rings (SSSR count). The molecule has 16 heavy (non-hydrogen) atoms. The second-order valence-corrected chi connectivity index (χ2v) is 4.48. The van der Waals surface area contributed by atoms with E-state index in [2.05, 4.69) is 4.98 Å². The average molecular weight is 224 g/mol. The Morgan fingerprint density at radius 2 is 2.31 bits per heavy atom. The largest absolute Gasteiger partial charge is 0.378 e. The van der Waals surface area contributed by atoms with Gasteiger partial charge in [0.1, 0.15) is 5.82 Å². The van der Waals surface area contributed by atoms with Crippen LogP contribution in [0.5, 0.6) is 0 Å². The number of anilines is 1. The summed E-state index contributed by atoms with van der Waals surface area (Å²) in [5, 5.41) is 0. The van der Waals surface area contributed by atoms with Gasteiger partial charge < -0.3 is 9.64 Å². The van der Waals surface area contributed by atoms with Gasteiger partial charge >= 0.3 is 0 Å². The second kappa shape index (κ2) is 4.78. The van der Waals surface area contributed by atoms with Crippen molar-refractivity contribution in [3.05, 3.63) is 24.3 Å². The van der Waals surface area contributed by atoms with Gasteiger partial charge in [-0.2, -0.15) is 0 Å². The molecule has 0 aliphatic carbocycles. The van der Waals surface area contributed by atoms with E-state index in [9.17, 15) is 4.39 Å². The van der Waals surface area contributed by atoms with Crippen LogP contribution in [0.2, 0.25) is 0 Å². The topological polar surface area (TPSA) is 25.4 Å². The Hall–Kier alpha value is -1.16. The maximum Gasteiger partial charge on any atom is 0.149 e. The summed E-state index contributed by atoms with van der Waals surface area (Å²) in [6.45, 7) is 6.52. The van der Waals surface area contributed by atoms with Gasteiger partial charge in [0.15, 0.2) is 0 Å². The van der Waals surface area contributed by atoms with Gasteiger partial charge in [-0.05, 0) is 19.9 Å². The van der Waals surface area contributed by atoms with E-state index in [4.69, 9.17) is 4.74 Å². The van der Waals surface area contributed by atoms with Crippen LogP contribution in [0.15, 0.2) is 18.5 Å². The molecule has 0 saturated carbocycles. The summed E-state index contributed by atoms with van der Waals surface area (Å²) in [6.07, 6.45) is 3.32. The van der Waals surface area contributed by atoms with Gasteiger partial charge in [0, 0.05) is 25.2 Å². The molecule has 1 aliphatic rings. The van der Waals surface area contributed by atoms with Crippen LogP contribution in [0.3, 0.4) is 0 Å². The molecule has 0 radical (unpaired) electrons. The Bertz CT molecular complexity index is 351. The highest BCUT2D eigenvalue weighted by Gasteiger charge is 2.28. The zero-order valence-corrected chi connectivity index (χ0v) is 9.69. The smallest absolute Gasteiger partial charge is 0.149 e. The van der Waals surface area contributed by atoms with E-state index >= 15 is 0 Å². The zero-order chi connectivity index (χ0) is 11.5. The number of hydrogen-bond acceptors (Lipinski definition) is 3. The average Bonchev–Trinajstić information content (AvgIpc) is 2.17. The first-order chi connectivity index (χ1) is 7.66. The third kappa shape index (κ3) is 2.50. The molecule has 1 fully saturated rings. The molecule has 88 valence electrons. The molecule has 0 atom stereocenters. The predicted molar refractivity (Wildman–Crippen MR) is 61.0 cm³/mol. The third-order valence-electron chi connectivity index (χ3n) is 2.71. The molecule has 0 amide bonds. The number of pyridine rings is 1. The number of aromatic nitrogens is 1. The van der Waals surface area contributed by atoms with Crippen molar-refractivity contribution < 1.29 is 9.13 Å². The highest BCUT2D eigenvalue weighted by atomic mass is 19.1. The molecule has 4 heteroatoms. The van der Waals surface area contributed by atoms with Crippen molar-refractivity contribution in [2.45, 2.75) is 20.0 Å². The molecule has 0 spiro atoms. The van der Waals surface area contributed by atoms with Crippen molar-refractivity contribution in [1.29, 1.82) is 0 Å². The summed E-state index contributed by atoms with van der Waals surface area (Å²) < 4.78 is 18.9. The van der Waals surface area contributed by atoms with Crippen molar-refractivity contribution >= 4 is 5.69 Å². The predicted octanol–water partition coefficient (Wildman–Crippen LogP) is 2.08. The molecule has 3 nitrogen and oxygen atoms in total. The van der Waals surface area contributed by atoms with Gasteiger partial charge in [-0.25, -0.2) is 4.39 Å². The van der Waals surface area contributed by atoms with Crippen molar-refractivity contribution in [1.82, 2.24) is 4.98 Å². The molecule has 1 aliphatic heterocycles. The first-order valence-electron chi connectivity index (χ1n) is 5.63. The molecule has 0 N–H and O–H groups in total. The molecule has 1 saturated heterocycles. The molecule has 2 heterocycles. The molecule has 1 aromatic rings. The molecule has 0 aromatic carbocycles. The highest BCUT2D eigenvalue weighted by molar-refractivity contribution is 5.47. The van der Waals surface area contributed by atoms with Crippen LogP contribution >= 0.6 is 0 Å². The Kier molecular flexibility index (Phi) is 3.39. The van der Waals surface area contributed by atoms with Crippen molar-refractivity contribution in [2.75, 3.05) is 24.6 Å². The first kappa shape index (κ1) is 11.3. The van der Waals surface area contributed by atoms with E-state index in [0.29, 0.717) is 11.6 Å². The van der Waals surface area contributed by atoms with Crippen LogP contribution < -0.4 is 4.90 Å². The maximum absolute atomic E-state index is 13.4. The minimum atomic E-state index is -0.196. The fourth-order valence-corrected chi connectivity index (χ4v) is 1.80. The minimum Gasteiger partial charge on any atom is -0.378 e. The van der Waals surface area contributed by atoms with Gasteiger partial charge in [0.25, 0.3) is 0 Å². The lowest BCUT2D eigenvalue weighted by Gasteiger charge is -2.40. The fourth-order valence-electron chi connectivity index (χ4n) is 1.80. The quantitative estimate of drug-likeness (QED) is 0.783. The standard InChI is InChI=1S/C12H17FN2O/c1-9(2)16-8-10-6-15(7-10)12-5-14-4-3-11(12)13/h3-5,9-10H,6-8H2,1-2H3. The van der Waals surface area contributed by atoms with E-state index in [0.717, 1.165) is 19.7 Å². The molecular formula is C12H17FN2O. The van der Waals surface area contributed by atoms with Crippen LogP contribution in [0, 0.1) is 11.7 Å². The third-order valence-corrected chi connectivity index (χ3v) is 2.71.